The first-order valence-electron chi connectivity index (χ1n) is 3.74. The molecule has 0 spiro atoms. The van der Waals surface area contributed by atoms with E-state index in [9.17, 15) is 0 Å². The molecule has 3 nitrogen and oxygen atoms in total. The molecule has 0 saturated heterocycles. The summed E-state index contributed by atoms with van der Waals surface area (Å²) in [6, 6.07) is 0. The summed E-state index contributed by atoms with van der Waals surface area (Å²) in [7, 11) is 0. The van der Waals surface area contributed by atoms with Gasteiger partial charge in [0.2, 0.25) is 4.77 Å². The molecule has 1 aromatic rings. The molecular weight excluding hydrogens is 158 g/mol. The molecule has 0 radical (unpaired) electrons. The Hall–Kier alpha value is -0.640. The van der Waals surface area contributed by atoms with E-state index in [1.165, 1.54) is 6.42 Å². The Morgan fingerprint density at radius 2 is 2.18 bits per heavy atom. The van der Waals surface area contributed by atoms with Crippen molar-refractivity contribution in [3.8, 4) is 0 Å². The second-order valence-corrected chi connectivity index (χ2v) is 4.18. The second-order valence-electron chi connectivity index (χ2n) is 3.80. The van der Waals surface area contributed by atoms with Crippen LogP contribution in [-0.4, -0.2) is 15.2 Å². The molecule has 0 amide bonds. The van der Waals surface area contributed by atoms with Gasteiger partial charge in [-0.3, -0.25) is 10.2 Å². The molecule has 2 rings (SSSR count). The van der Waals surface area contributed by atoms with Crippen molar-refractivity contribution in [3.63, 3.8) is 0 Å². The van der Waals surface area contributed by atoms with E-state index in [2.05, 4.69) is 29.0 Å². The van der Waals surface area contributed by atoms with Crippen LogP contribution >= 0.6 is 12.2 Å². The highest BCUT2D eigenvalue weighted by atomic mass is 32.1. The van der Waals surface area contributed by atoms with Gasteiger partial charge < -0.3 is 0 Å². The lowest BCUT2D eigenvalue weighted by Gasteiger charge is -1.96. The predicted molar refractivity (Wildman–Crippen MR) is 44.9 cm³/mol. The van der Waals surface area contributed by atoms with E-state index < -0.39 is 0 Å². The summed E-state index contributed by atoms with van der Waals surface area (Å²) in [6.45, 7) is 4.48. The van der Waals surface area contributed by atoms with Gasteiger partial charge >= 0.3 is 0 Å². The van der Waals surface area contributed by atoms with Crippen LogP contribution in [0.4, 0.5) is 0 Å². The lowest BCUT2D eigenvalue weighted by atomic mass is 10.1. The number of hydrogen-bond acceptors (Lipinski definition) is 2. The van der Waals surface area contributed by atoms with Crippen LogP contribution in [0.3, 0.4) is 0 Å². The van der Waals surface area contributed by atoms with Gasteiger partial charge in [-0.2, -0.15) is 0 Å². The third-order valence-corrected chi connectivity index (χ3v) is 2.56. The van der Waals surface area contributed by atoms with Crippen LogP contribution in [0, 0.1) is 10.2 Å². The van der Waals surface area contributed by atoms with Crippen LogP contribution in [0.5, 0.6) is 0 Å². The molecule has 1 saturated carbocycles. The summed E-state index contributed by atoms with van der Waals surface area (Å²) in [6.07, 6.45) is 1.21. The van der Waals surface area contributed by atoms with Gasteiger partial charge in [-0.05, 0) is 24.1 Å². The van der Waals surface area contributed by atoms with Crippen molar-refractivity contribution >= 4 is 12.2 Å². The number of rotatable bonds is 1. The minimum atomic E-state index is 0.424. The Labute approximate surface area is 70.2 Å². The third kappa shape index (κ3) is 1.11. The fourth-order valence-electron chi connectivity index (χ4n) is 1.38. The zero-order valence-electron chi connectivity index (χ0n) is 6.64. The smallest absolute Gasteiger partial charge is 0.213 e. The highest BCUT2D eigenvalue weighted by Gasteiger charge is 2.48. The molecule has 60 valence electrons. The van der Waals surface area contributed by atoms with E-state index in [-0.39, 0.29) is 0 Å². The molecule has 1 heterocycles. The molecule has 1 fully saturated rings. The van der Waals surface area contributed by atoms with Crippen molar-refractivity contribution in [2.75, 3.05) is 0 Å². The molecule has 0 aromatic carbocycles. The summed E-state index contributed by atoms with van der Waals surface area (Å²) in [5, 5.41) is 5.79. The summed E-state index contributed by atoms with van der Waals surface area (Å²) in [4.78, 5) is 4.17. The average molecular weight is 169 g/mol. The van der Waals surface area contributed by atoms with Gasteiger partial charge in [-0.25, -0.2) is 4.98 Å². The second kappa shape index (κ2) is 1.94. The van der Waals surface area contributed by atoms with Crippen LogP contribution in [0.2, 0.25) is 0 Å². The minimum Gasteiger partial charge on any atom is -0.285 e. The van der Waals surface area contributed by atoms with Gasteiger partial charge in [-0.1, -0.05) is 13.8 Å². The maximum Gasteiger partial charge on any atom is 0.213 e. The van der Waals surface area contributed by atoms with Crippen molar-refractivity contribution in [2.45, 2.75) is 26.2 Å². The van der Waals surface area contributed by atoms with Crippen molar-refractivity contribution in [3.05, 3.63) is 10.6 Å². The molecule has 1 aromatic heterocycles. The molecule has 0 bridgehead atoms. The average Bonchev–Trinajstić information content (AvgIpc) is 2.39. The molecule has 4 heteroatoms. The molecule has 1 aliphatic carbocycles. The Balaban J connectivity index is 2.27. The zero-order valence-corrected chi connectivity index (χ0v) is 7.46. The van der Waals surface area contributed by atoms with E-state index in [0.717, 1.165) is 5.82 Å². The number of nitrogens with zero attached hydrogens (tertiary/aromatic N) is 1. The topological polar surface area (TPSA) is 44.5 Å². The minimum absolute atomic E-state index is 0.424. The van der Waals surface area contributed by atoms with E-state index in [0.29, 0.717) is 16.1 Å². The summed E-state index contributed by atoms with van der Waals surface area (Å²) in [5.41, 5.74) is 0.424. The number of aromatic amines is 2. The largest absolute Gasteiger partial charge is 0.285 e. The summed E-state index contributed by atoms with van der Waals surface area (Å²) >= 11 is 4.86. The van der Waals surface area contributed by atoms with Crippen LogP contribution in [-0.2, 0) is 0 Å². The van der Waals surface area contributed by atoms with Gasteiger partial charge in [-0.15, -0.1) is 0 Å². The number of nitrogens with one attached hydrogen (secondary N) is 2. The first-order valence-corrected chi connectivity index (χ1v) is 4.15. The number of H-pyrrole nitrogens is 2. The maximum atomic E-state index is 4.86. The van der Waals surface area contributed by atoms with Gasteiger partial charge in [0.05, 0.1) is 0 Å². The van der Waals surface area contributed by atoms with Gasteiger partial charge in [0.25, 0.3) is 0 Å². The summed E-state index contributed by atoms with van der Waals surface area (Å²) in [5.74, 6) is 1.59. The molecule has 1 aliphatic rings. The fourth-order valence-corrected chi connectivity index (χ4v) is 1.53. The molecule has 2 N–H and O–H groups in total. The first-order chi connectivity index (χ1) is 5.09. The molecule has 0 aliphatic heterocycles. The Bertz CT molecular complexity index is 322. The Morgan fingerprint density at radius 1 is 1.55 bits per heavy atom. The van der Waals surface area contributed by atoms with Gasteiger partial charge in [0, 0.05) is 5.92 Å². The molecule has 1 atom stereocenters. The molecular formula is C7H11N3S. The monoisotopic (exact) mass is 169 g/mol. The van der Waals surface area contributed by atoms with Crippen molar-refractivity contribution in [2.24, 2.45) is 5.41 Å². The fraction of sp³-hybridized carbons (Fsp3) is 0.714. The summed E-state index contributed by atoms with van der Waals surface area (Å²) < 4.78 is 0.558. The normalized spacial score (nSPS) is 26.9. The Kier molecular flexibility index (Phi) is 1.24. The van der Waals surface area contributed by atoms with Crippen molar-refractivity contribution in [1.29, 1.82) is 0 Å². The van der Waals surface area contributed by atoms with E-state index >= 15 is 0 Å². The van der Waals surface area contributed by atoms with Crippen LogP contribution in [0.25, 0.3) is 0 Å². The van der Waals surface area contributed by atoms with E-state index in [1.54, 1.807) is 0 Å². The zero-order chi connectivity index (χ0) is 8.06. The van der Waals surface area contributed by atoms with Crippen LogP contribution < -0.4 is 0 Å². The lowest BCUT2D eigenvalue weighted by molar-refractivity contribution is 0.609. The Morgan fingerprint density at radius 3 is 2.55 bits per heavy atom. The molecule has 1 unspecified atom stereocenters. The van der Waals surface area contributed by atoms with Gasteiger partial charge in [0.1, 0.15) is 5.82 Å². The SMILES string of the molecule is CC1(C)CC1c1nc(=S)[nH][nH]1. The molecule has 11 heavy (non-hydrogen) atoms. The first kappa shape index (κ1) is 7.03. The van der Waals surface area contributed by atoms with Crippen molar-refractivity contribution in [1.82, 2.24) is 15.2 Å². The van der Waals surface area contributed by atoms with Crippen molar-refractivity contribution < 1.29 is 0 Å². The highest BCUT2D eigenvalue weighted by molar-refractivity contribution is 7.71. The maximum absolute atomic E-state index is 4.86. The third-order valence-electron chi connectivity index (χ3n) is 2.36. The quantitative estimate of drug-likeness (QED) is 0.631. The highest BCUT2D eigenvalue weighted by Crippen LogP contribution is 2.57. The van der Waals surface area contributed by atoms with Crippen LogP contribution in [0.1, 0.15) is 32.0 Å². The van der Waals surface area contributed by atoms with E-state index in [1.807, 2.05) is 0 Å². The standard InChI is InChI=1S/C7H11N3S/c1-7(2)3-4(7)5-8-6(11)10-9-5/h4H,3H2,1-2H3,(H2,8,9,10,11). The van der Waals surface area contributed by atoms with Crippen LogP contribution in [0.15, 0.2) is 0 Å². The van der Waals surface area contributed by atoms with E-state index in [4.69, 9.17) is 12.2 Å². The van der Waals surface area contributed by atoms with Gasteiger partial charge in [0.15, 0.2) is 0 Å². The number of aromatic nitrogens is 3. The number of hydrogen-bond donors (Lipinski definition) is 2. The predicted octanol–water partition coefficient (Wildman–Crippen LogP) is 1.98. The lowest BCUT2D eigenvalue weighted by Crippen LogP contribution is -1.91.